The van der Waals surface area contributed by atoms with Gasteiger partial charge in [-0.25, -0.2) is 0 Å². The summed E-state index contributed by atoms with van der Waals surface area (Å²) in [7, 11) is 4.20. The minimum atomic E-state index is -0.633. The highest BCUT2D eigenvalue weighted by molar-refractivity contribution is 5.92. The van der Waals surface area contributed by atoms with Gasteiger partial charge >= 0.3 is 0 Å². The molecule has 0 aromatic rings. The maximum Gasteiger partial charge on any atom is 0.246 e. The first kappa shape index (κ1) is 48.3. The predicted molar refractivity (Wildman–Crippen MR) is 235 cm³/mol. The number of rotatable bonds is 36. The van der Waals surface area contributed by atoms with Crippen LogP contribution in [0.5, 0.6) is 0 Å². The van der Waals surface area contributed by atoms with Crippen LogP contribution in [-0.4, -0.2) is 60.9 Å². The molecular weight excluding hydrogens is 663 g/mol. The van der Waals surface area contributed by atoms with E-state index in [0.29, 0.717) is 24.8 Å². The lowest BCUT2D eigenvalue weighted by Crippen LogP contribution is -2.64. The molecule has 312 valence electrons. The van der Waals surface area contributed by atoms with E-state index in [1.165, 1.54) is 135 Å². The summed E-state index contributed by atoms with van der Waals surface area (Å²) in [5.41, 5.74) is -0.633. The first-order chi connectivity index (χ1) is 26.5. The number of carbonyl (C=O) groups is 2. The Balaban J connectivity index is 1.71. The summed E-state index contributed by atoms with van der Waals surface area (Å²) >= 11 is 0. The topological polar surface area (TPSA) is 52.7 Å². The van der Waals surface area contributed by atoms with Gasteiger partial charge in [0.25, 0.3) is 0 Å². The fourth-order valence-corrected chi connectivity index (χ4v) is 9.07. The Morgan fingerprint density at radius 3 is 1.63 bits per heavy atom. The summed E-state index contributed by atoms with van der Waals surface area (Å²) in [5, 5.41) is 3.39. The molecule has 0 radical (unpaired) electrons. The Kier molecular flexibility index (Phi) is 28.8. The van der Waals surface area contributed by atoms with Gasteiger partial charge in [-0.05, 0) is 135 Å². The van der Waals surface area contributed by atoms with Gasteiger partial charge in [-0.3, -0.25) is 9.59 Å². The zero-order valence-corrected chi connectivity index (χ0v) is 36.4. The monoisotopic (exact) mass is 752 g/mol. The van der Waals surface area contributed by atoms with Crippen LogP contribution in [0, 0.1) is 11.8 Å². The van der Waals surface area contributed by atoms with Crippen molar-refractivity contribution in [3.63, 3.8) is 0 Å². The number of amides is 2. The molecule has 3 atom stereocenters. The number of fused-ring (bicyclic) bond motifs is 2. The molecule has 2 amide bonds. The van der Waals surface area contributed by atoms with E-state index >= 15 is 0 Å². The minimum absolute atomic E-state index is 0.153. The van der Waals surface area contributed by atoms with Gasteiger partial charge in [0.2, 0.25) is 11.8 Å². The number of carbonyl (C=O) groups excluding carboxylic acids is 2. The molecule has 2 aliphatic rings. The molecule has 2 rings (SSSR count). The minimum Gasteiger partial charge on any atom is -0.354 e. The van der Waals surface area contributed by atoms with Crippen LogP contribution in [0.1, 0.15) is 213 Å². The molecule has 0 aliphatic heterocycles. The standard InChI is InChI=1S/C49H89N3O2/c1-5-7-9-11-13-15-17-19-21-23-25-27-29-31-33-35-40-50-48(54)49(44-45-38-39-46(49)43-45)52(42-36-41-51(3)4)47(53)37-34-32-30-28-26-24-22-20-18-16-14-12-10-8-6-2/h14,16,19-22,45-46H,5-13,15,17-18,23-44H2,1-4H3,(H,50,54)/b16-14-,21-19-,22-20-. The van der Waals surface area contributed by atoms with E-state index in [1.807, 2.05) is 0 Å². The average Bonchev–Trinajstić information content (AvgIpc) is 3.79. The summed E-state index contributed by atoms with van der Waals surface area (Å²) in [5.74, 6) is 1.28. The zero-order valence-electron chi connectivity index (χ0n) is 36.4. The van der Waals surface area contributed by atoms with Gasteiger partial charge in [-0.1, -0.05) is 140 Å². The van der Waals surface area contributed by atoms with Crippen LogP contribution in [0.2, 0.25) is 0 Å². The smallest absolute Gasteiger partial charge is 0.246 e. The van der Waals surface area contributed by atoms with Gasteiger partial charge in [-0.15, -0.1) is 0 Å². The molecule has 2 fully saturated rings. The van der Waals surface area contributed by atoms with E-state index < -0.39 is 5.54 Å². The van der Waals surface area contributed by atoms with Crippen LogP contribution in [0.3, 0.4) is 0 Å². The van der Waals surface area contributed by atoms with E-state index in [9.17, 15) is 9.59 Å². The Labute approximate surface area is 336 Å². The Morgan fingerprint density at radius 2 is 1.09 bits per heavy atom. The van der Waals surface area contributed by atoms with E-state index in [4.69, 9.17) is 0 Å². The highest BCUT2D eigenvalue weighted by Crippen LogP contribution is 2.54. The van der Waals surface area contributed by atoms with Crippen LogP contribution in [-0.2, 0) is 9.59 Å². The van der Waals surface area contributed by atoms with Crippen molar-refractivity contribution in [1.29, 1.82) is 0 Å². The van der Waals surface area contributed by atoms with Crippen molar-refractivity contribution in [2.45, 2.75) is 218 Å². The molecule has 0 spiro atoms. The van der Waals surface area contributed by atoms with Crippen molar-refractivity contribution in [1.82, 2.24) is 15.1 Å². The third-order valence-electron chi connectivity index (χ3n) is 12.3. The summed E-state index contributed by atoms with van der Waals surface area (Å²) in [4.78, 5) is 32.6. The van der Waals surface area contributed by atoms with Crippen molar-refractivity contribution in [3.8, 4) is 0 Å². The Morgan fingerprint density at radius 1 is 0.593 bits per heavy atom. The van der Waals surface area contributed by atoms with Crippen molar-refractivity contribution in [2.75, 3.05) is 33.7 Å². The number of nitrogens with one attached hydrogen (secondary N) is 1. The van der Waals surface area contributed by atoms with Gasteiger partial charge in [0, 0.05) is 19.5 Å². The van der Waals surface area contributed by atoms with Gasteiger partial charge in [0.15, 0.2) is 0 Å². The maximum absolute atomic E-state index is 14.2. The molecular formula is C49H89N3O2. The van der Waals surface area contributed by atoms with Crippen LogP contribution in [0.15, 0.2) is 36.5 Å². The normalized spacial score (nSPS) is 19.7. The van der Waals surface area contributed by atoms with Gasteiger partial charge in [-0.2, -0.15) is 0 Å². The van der Waals surface area contributed by atoms with Gasteiger partial charge in [0.05, 0.1) is 0 Å². The highest BCUT2D eigenvalue weighted by Gasteiger charge is 2.59. The average molecular weight is 752 g/mol. The molecule has 2 saturated carbocycles. The molecule has 2 aliphatic carbocycles. The van der Waals surface area contributed by atoms with Crippen LogP contribution < -0.4 is 5.32 Å². The number of unbranched alkanes of at least 4 members (excludes halogenated alkanes) is 20. The van der Waals surface area contributed by atoms with Crippen molar-refractivity contribution >= 4 is 11.8 Å². The molecule has 54 heavy (non-hydrogen) atoms. The lowest BCUT2D eigenvalue weighted by molar-refractivity contribution is -0.152. The summed E-state index contributed by atoms with van der Waals surface area (Å²) in [6, 6.07) is 0. The largest absolute Gasteiger partial charge is 0.354 e. The SMILES string of the molecule is CCCCC/C=C\C/C=C\CCCCCCCC(=O)N(CCCN(C)C)C1(C(=O)NCCCCCCCC/C=C\CCCCCCCC)CC2CCC1C2. The molecule has 3 unspecified atom stereocenters. The number of hydrogen-bond acceptors (Lipinski definition) is 3. The summed E-state index contributed by atoms with van der Waals surface area (Å²) in [6.07, 6.45) is 51.0. The van der Waals surface area contributed by atoms with Crippen molar-refractivity contribution < 1.29 is 9.59 Å². The highest BCUT2D eigenvalue weighted by atomic mass is 16.2. The molecule has 0 aromatic heterocycles. The first-order valence-electron chi connectivity index (χ1n) is 23.6. The molecule has 5 heteroatoms. The maximum atomic E-state index is 14.2. The third kappa shape index (κ3) is 20.9. The Bertz CT molecular complexity index is 1020. The van der Waals surface area contributed by atoms with E-state index in [0.717, 1.165) is 70.9 Å². The van der Waals surface area contributed by atoms with E-state index in [-0.39, 0.29) is 11.8 Å². The fraction of sp³-hybridized carbons (Fsp3) is 0.837. The fourth-order valence-electron chi connectivity index (χ4n) is 9.07. The Hall–Kier alpha value is -1.88. The third-order valence-corrected chi connectivity index (χ3v) is 12.3. The first-order valence-corrected chi connectivity index (χ1v) is 23.6. The lowest BCUT2D eigenvalue weighted by atomic mass is 9.78. The quantitative estimate of drug-likeness (QED) is 0.0512. The number of nitrogens with zero attached hydrogens (tertiary/aromatic N) is 2. The van der Waals surface area contributed by atoms with E-state index in [1.54, 1.807) is 0 Å². The lowest BCUT2D eigenvalue weighted by Gasteiger charge is -2.46. The molecule has 1 N–H and O–H groups in total. The van der Waals surface area contributed by atoms with Gasteiger partial charge < -0.3 is 15.1 Å². The second kappa shape index (κ2) is 32.2. The van der Waals surface area contributed by atoms with E-state index in [2.05, 4.69) is 79.5 Å². The number of allylic oxidation sites excluding steroid dienone is 6. The number of hydrogen-bond donors (Lipinski definition) is 1. The zero-order chi connectivity index (χ0) is 39.0. The van der Waals surface area contributed by atoms with Crippen LogP contribution in [0.25, 0.3) is 0 Å². The van der Waals surface area contributed by atoms with Crippen LogP contribution >= 0.6 is 0 Å². The molecule has 0 aromatic carbocycles. The molecule has 2 bridgehead atoms. The molecule has 0 saturated heterocycles. The van der Waals surface area contributed by atoms with Crippen molar-refractivity contribution in [2.24, 2.45) is 11.8 Å². The predicted octanol–water partition coefficient (Wildman–Crippen LogP) is 13.3. The summed E-state index contributed by atoms with van der Waals surface area (Å²) in [6.45, 7) is 6.91. The van der Waals surface area contributed by atoms with Gasteiger partial charge in [0.1, 0.15) is 5.54 Å². The van der Waals surface area contributed by atoms with Crippen LogP contribution in [0.4, 0.5) is 0 Å². The molecule has 5 nitrogen and oxygen atoms in total. The summed E-state index contributed by atoms with van der Waals surface area (Å²) < 4.78 is 0. The second-order valence-corrected chi connectivity index (χ2v) is 17.4. The second-order valence-electron chi connectivity index (χ2n) is 17.4. The molecule has 0 heterocycles. The van der Waals surface area contributed by atoms with Crippen molar-refractivity contribution in [3.05, 3.63) is 36.5 Å².